The fourth-order valence-corrected chi connectivity index (χ4v) is 2.07. The third-order valence-electron chi connectivity index (χ3n) is 3.13. The lowest BCUT2D eigenvalue weighted by atomic mass is 10.3. The van der Waals surface area contributed by atoms with Gasteiger partial charge in [0.25, 0.3) is 0 Å². The number of rotatable bonds is 9. The third-order valence-corrected chi connectivity index (χ3v) is 3.36. The number of nitrogens with one attached hydrogen (secondary N) is 2. The van der Waals surface area contributed by atoms with Crippen LogP contribution in [-0.2, 0) is 17.9 Å². The molecule has 0 bridgehead atoms. The second-order valence-electron chi connectivity index (χ2n) is 5.10. The Labute approximate surface area is 170 Å². The molecule has 0 saturated heterocycles. The summed E-state index contributed by atoms with van der Waals surface area (Å²) in [6.45, 7) is 5.34. The van der Waals surface area contributed by atoms with Gasteiger partial charge < -0.3 is 19.8 Å². The molecule has 2 aromatic rings. The topological polar surface area (TPSA) is 71.7 Å². The first-order valence-electron chi connectivity index (χ1n) is 8.00. The van der Waals surface area contributed by atoms with E-state index in [1.165, 1.54) is 0 Å². The Morgan fingerprint density at radius 3 is 2.88 bits per heavy atom. The first-order valence-corrected chi connectivity index (χ1v) is 8.38. The molecule has 0 radical (unpaired) electrons. The fraction of sp³-hybridized carbons (Fsp3) is 0.412. The van der Waals surface area contributed by atoms with Crippen molar-refractivity contribution in [3.63, 3.8) is 0 Å². The van der Waals surface area contributed by atoms with Gasteiger partial charge in [-0.15, -0.1) is 24.0 Å². The number of hydrogen-bond acceptors (Lipinski definition) is 4. The molecule has 0 aliphatic carbocycles. The molecular weight excluding hydrogens is 455 g/mol. The molecule has 0 aliphatic rings. The predicted molar refractivity (Wildman–Crippen MR) is 110 cm³/mol. The lowest BCUT2D eigenvalue weighted by Crippen LogP contribution is -2.38. The maximum Gasteiger partial charge on any atom is 0.191 e. The summed E-state index contributed by atoms with van der Waals surface area (Å²) in [4.78, 5) is 8.58. The highest BCUT2D eigenvalue weighted by Gasteiger charge is 1.99. The van der Waals surface area contributed by atoms with Gasteiger partial charge in [0.05, 0.1) is 12.8 Å². The first kappa shape index (κ1) is 21.7. The normalized spacial score (nSPS) is 11.0. The number of furan rings is 1. The van der Waals surface area contributed by atoms with Gasteiger partial charge in [-0.1, -0.05) is 17.7 Å². The Bertz CT molecular complexity index is 606. The van der Waals surface area contributed by atoms with Crippen molar-refractivity contribution in [3.05, 3.63) is 53.2 Å². The minimum Gasteiger partial charge on any atom is -0.467 e. The molecule has 6 nitrogen and oxygen atoms in total. The summed E-state index contributed by atoms with van der Waals surface area (Å²) in [5.74, 6) is 1.62. The summed E-state index contributed by atoms with van der Waals surface area (Å²) in [7, 11) is 0. The van der Waals surface area contributed by atoms with Gasteiger partial charge in [-0.2, -0.15) is 0 Å². The molecule has 0 spiro atoms. The number of hydrogen-bond donors (Lipinski definition) is 2. The minimum atomic E-state index is 0. The van der Waals surface area contributed by atoms with Gasteiger partial charge >= 0.3 is 0 Å². The van der Waals surface area contributed by atoms with E-state index in [4.69, 9.17) is 20.8 Å². The van der Waals surface area contributed by atoms with Gasteiger partial charge in [-0.25, -0.2) is 9.98 Å². The van der Waals surface area contributed by atoms with Gasteiger partial charge in [-0.05, 0) is 37.1 Å². The van der Waals surface area contributed by atoms with Crippen molar-refractivity contribution < 1.29 is 9.15 Å². The zero-order chi connectivity index (χ0) is 17.0. The molecule has 0 aliphatic heterocycles. The number of pyridine rings is 1. The van der Waals surface area contributed by atoms with Gasteiger partial charge in [0.15, 0.2) is 5.96 Å². The molecule has 0 saturated carbocycles. The molecule has 2 rings (SSSR count). The number of halogens is 2. The van der Waals surface area contributed by atoms with Crippen LogP contribution in [0.2, 0.25) is 5.15 Å². The summed E-state index contributed by atoms with van der Waals surface area (Å²) >= 11 is 5.78. The number of aromatic nitrogens is 1. The van der Waals surface area contributed by atoms with E-state index < -0.39 is 0 Å². The molecular formula is C17H24ClIN4O2. The van der Waals surface area contributed by atoms with Crippen molar-refractivity contribution in [3.8, 4) is 0 Å². The van der Waals surface area contributed by atoms with Crippen molar-refractivity contribution in [1.82, 2.24) is 15.6 Å². The summed E-state index contributed by atoms with van der Waals surface area (Å²) in [5, 5.41) is 6.99. The lowest BCUT2D eigenvalue weighted by molar-refractivity contribution is 0.105. The van der Waals surface area contributed by atoms with Crippen molar-refractivity contribution in [1.29, 1.82) is 0 Å². The van der Waals surface area contributed by atoms with Gasteiger partial charge in [0.1, 0.15) is 17.5 Å². The van der Waals surface area contributed by atoms with Crippen LogP contribution in [-0.4, -0.2) is 30.6 Å². The summed E-state index contributed by atoms with van der Waals surface area (Å²) in [6, 6.07) is 7.45. The molecule has 25 heavy (non-hydrogen) atoms. The molecule has 0 unspecified atom stereocenters. The van der Waals surface area contributed by atoms with Crippen molar-refractivity contribution in [2.24, 2.45) is 4.99 Å². The van der Waals surface area contributed by atoms with Crippen LogP contribution in [0, 0.1) is 0 Å². The van der Waals surface area contributed by atoms with Crippen LogP contribution in [0.15, 0.2) is 46.1 Å². The second kappa shape index (κ2) is 13.0. The summed E-state index contributed by atoms with van der Waals surface area (Å²) in [5.41, 5.74) is 1.01. The van der Waals surface area contributed by atoms with Crippen molar-refractivity contribution in [2.75, 3.05) is 19.7 Å². The van der Waals surface area contributed by atoms with Crippen LogP contribution in [0.5, 0.6) is 0 Å². The van der Waals surface area contributed by atoms with E-state index in [-0.39, 0.29) is 24.0 Å². The Morgan fingerprint density at radius 2 is 2.20 bits per heavy atom. The molecule has 0 amide bonds. The molecule has 0 fully saturated rings. The van der Waals surface area contributed by atoms with Gasteiger partial charge in [0.2, 0.25) is 0 Å². The number of aliphatic imine (C=N–C) groups is 1. The van der Waals surface area contributed by atoms with Crippen LogP contribution in [0.4, 0.5) is 0 Å². The van der Waals surface area contributed by atoms with Gasteiger partial charge in [0, 0.05) is 25.9 Å². The minimum absolute atomic E-state index is 0. The maximum atomic E-state index is 5.78. The van der Waals surface area contributed by atoms with E-state index in [0.717, 1.165) is 36.8 Å². The Morgan fingerprint density at radius 1 is 1.32 bits per heavy atom. The standard InChI is InChI=1S/C17H23ClN4O2.HI/c1-2-19-17(22-12-14-6-7-16(18)21-11-14)20-8-4-9-23-13-15-5-3-10-24-15;/h3,5-7,10-11H,2,4,8-9,12-13H2,1H3,(H2,19,20,22);1H. The number of guanidine groups is 1. The highest BCUT2D eigenvalue weighted by Crippen LogP contribution is 2.06. The summed E-state index contributed by atoms with van der Waals surface area (Å²) in [6.07, 6.45) is 4.26. The molecule has 0 aromatic carbocycles. The third kappa shape index (κ3) is 9.08. The average molecular weight is 479 g/mol. The van der Waals surface area contributed by atoms with Crippen LogP contribution in [0.25, 0.3) is 0 Å². The molecule has 2 N–H and O–H groups in total. The van der Waals surface area contributed by atoms with E-state index in [1.807, 2.05) is 25.1 Å². The molecule has 2 heterocycles. The fourth-order valence-electron chi connectivity index (χ4n) is 1.96. The zero-order valence-corrected chi connectivity index (χ0v) is 17.3. The van der Waals surface area contributed by atoms with Crippen LogP contribution in [0.1, 0.15) is 24.7 Å². The number of ether oxygens (including phenoxy) is 1. The first-order chi connectivity index (χ1) is 11.8. The Kier molecular flexibility index (Phi) is 11.3. The highest BCUT2D eigenvalue weighted by atomic mass is 127. The van der Waals surface area contributed by atoms with E-state index in [2.05, 4.69) is 20.6 Å². The second-order valence-corrected chi connectivity index (χ2v) is 5.48. The van der Waals surface area contributed by atoms with E-state index in [9.17, 15) is 0 Å². The molecule has 8 heteroatoms. The van der Waals surface area contributed by atoms with Crippen LogP contribution in [0.3, 0.4) is 0 Å². The molecule has 138 valence electrons. The largest absolute Gasteiger partial charge is 0.467 e. The molecule has 2 aromatic heterocycles. The Hall–Kier alpha value is -1.32. The van der Waals surface area contributed by atoms with Crippen molar-refractivity contribution >= 4 is 41.5 Å². The molecule has 0 atom stereocenters. The van der Waals surface area contributed by atoms with Crippen LogP contribution < -0.4 is 10.6 Å². The van der Waals surface area contributed by atoms with E-state index in [1.54, 1.807) is 18.5 Å². The predicted octanol–water partition coefficient (Wildman–Crippen LogP) is 3.61. The van der Waals surface area contributed by atoms with Gasteiger partial charge in [-0.3, -0.25) is 0 Å². The quantitative estimate of drug-likeness (QED) is 0.189. The smallest absolute Gasteiger partial charge is 0.191 e. The van der Waals surface area contributed by atoms with Crippen LogP contribution >= 0.6 is 35.6 Å². The van der Waals surface area contributed by atoms with E-state index >= 15 is 0 Å². The summed E-state index contributed by atoms with van der Waals surface area (Å²) < 4.78 is 10.8. The average Bonchev–Trinajstić information content (AvgIpc) is 3.10. The SMILES string of the molecule is CCNC(=NCc1ccc(Cl)nc1)NCCCOCc1ccco1.I. The number of nitrogens with zero attached hydrogens (tertiary/aromatic N) is 2. The Balaban J connectivity index is 0.00000312. The zero-order valence-electron chi connectivity index (χ0n) is 14.2. The maximum absolute atomic E-state index is 5.78. The van der Waals surface area contributed by atoms with E-state index in [0.29, 0.717) is 24.9 Å². The lowest BCUT2D eigenvalue weighted by Gasteiger charge is -2.11. The van der Waals surface area contributed by atoms with Crippen molar-refractivity contribution in [2.45, 2.75) is 26.5 Å². The monoisotopic (exact) mass is 478 g/mol. The highest BCUT2D eigenvalue weighted by molar-refractivity contribution is 14.0.